The number of aryl methyl sites for hydroxylation is 3. The summed E-state index contributed by atoms with van der Waals surface area (Å²) in [5.41, 5.74) is 1.42. The molecule has 4 heteroatoms. The monoisotopic (exact) mass is 361 g/mol. The molecule has 0 aliphatic rings. The Morgan fingerprint density at radius 3 is 2.73 bits per heavy atom. The molecule has 0 saturated heterocycles. The van der Waals surface area contributed by atoms with Gasteiger partial charge in [-0.25, -0.2) is 9.97 Å². The van der Waals surface area contributed by atoms with Crippen LogP contribution < -0.4 is 5.32 Å². The fourth-order valence-corrected chi connectivity index (χ4v) is 4.27. The number of anilines is 1. The number of hydrogen-bond acceptors (Lipinski definition) is 4. The minimum absolute atomic E-state index is 0.859. The quantitative estimate of drug-likeness (QED) is 0.444. The summed E-state index contributed by atoms with van der Waals surface area (Å²) in [7, 11) is 0. The predicted octanol–water partition coefficient (Wildman–Crippen LogP) is 5.76. The van der Waals surface area contributed by atoms with Gasteiger partial charge in [-0.2, -0.15) is 0 Å². The molecule has 0 aliphatic carbocycles. The fraction of sp³-hybridized carbons (Fsp3) is 0.273. The third kappa shape index (κ3) is 3.42. The summed E-state index contributed by atoms with van der Waals surface area (Å²) >= 11 is 1.74. The topological polar surface area (TPSA) is 37.8 Å². The molecule has 0 unspecified atom stereocenters. The minimum Gasteiger partial charge on any atom is -0.369 e. The predicted molar refractivity (Wildman–Crippen MR) is 112 cm³/mol. The van der Waals surface area contributed by atoms with Crippen molar-refractivity contribution < 1.29 is 0 Å². The van der Waals surface area contributed by atoms with Crippen molar-refractivity contribution >= 4 is 38.1 Å². The van der Waals surface area contributed by atoms with E-state index in [-0.39, 0.29) is 0 Å². The second-order valence-corrected chi connectivity index (χ2v) is 7.82. The maximum absolute atomic E-state index is 4.71. The Labute approximate surface area is 158 Å². The number of nitrogens with one attached hydrogen (secondary N) is 1. The van der Waals surface area contributed by atoms with Gasteiger partial charge in [0.15, 0.2) is 0 Å². The lowest BCUT2D eigenvalue weighted by Crippen LogP contribution is -2.07. The van der Waals surface area contributed by atoms with Crippen LogP contribution in [0.5, 0.6) is 0 Å². The average Bonchev–Trinajstić information content (AvgIpc) is 3.05. The highest BCUT2D eigenvalue weighted by molar-refractivity contribution is 7.18. The van der Waals surface area contributed by atoms with Gasteiger partial charge < -0.3 is 5.32 Å². The summed E-state index contributed by atoms with van der Waals surface area (Å²) in [5, 5.41) is 7.38. The molecule has 0 amide bonds. The summed E-state index contributed by atoms with van der Waals surface area (Å²) in [6.07, 6.45) is 2.99. The van der Waals surface area contributed by atoms with Crippen LogP contribution in [0.25, 0.3) is 21.0 Å². The molecule has 0 spiro atoms. The van der Waals surface area contributed by atoms with Gasteiger partial charge in [0.2, 0.25) is 0 Å². The Hall–Kier alpha value is -2.46. The normalized spacial score (nSPS) is 11.3. The van der Waals surface area contributed by atoms with Crippen molar-refractivity contribution in [3.05, 3.63) is 64.8 Å². The molecular weight excluding hydrogens is 338 g/mol. The molecule has 26 heavy (non-hydrogen) atoms. The van der Waals surface area contributed by atoms with E-state index >= 15 is 0 Å². The van der Waals surface area contributed by atoms with Crippen molar-refractivity contribution in [2.45, 2.75) is 33.1 Å². The van der Waals surface area contributed by atoms with E-state index in [2.05, 4.69) is 72.7 Å². The molecule has 0 atom stereocenters. The van der Waals surface area contributed by atoms with E-state index in [1.807, 2.05) is 0 Å². The molecule has 0 radical (unpaired) electrons. The first-order valence-corrected chi connectivity index (χ1v) is 10.0. The zero-order valence-electron chi connectivity index (χ0n) is 15.2. The smallest absolute Gasteiger partial charge is 0.138 e. The largest absolute Gasteiger partial charge is 0.369 e. The third-order valence-corrected chi connectivity index (χ3v) is 5.62. The highest BCUT2D eigenvalue weighted by Crippen LogP contribution is 2.28. The number of thiophene rings is 1. The number of fused-ring (bicyclic) bond motifs is 2. The Kier molecular flexibility index (Phi) is 4.85. The molecule has 0 bridgehead atoms. The van der Waals surface area contributed by atoms with Gasteiger partial charge in [-0.15, -0.1) is 11.3 Å². The van der Waals surface area contributed by atoms with Crippen LogP contribution in [0, 0.1) is 6.92 Å². The molecule has 0 aliphatic heterocycles. The van der Waals surface area contributed by atoms with Crippen LogP contribution >= 0.6 is 11.3 Å². The molecule has 132 valence electrons. The summed E-state index contributed by atoms with van der Waals surface area (Å²) in [4.78, 5) is 11.7. The van der Waals surface area contributed by atoms with Crippen molar-refractivity contribution in [3.8, 4) is 0 Å². The van der Waals surface area contributed by atoms with E-state index in [0.717, 1.165) is 47.7 Å². The number of nitrogens with zero attached hydrogens (tertiary/aromatic N) is 2. The maximum Gasteiger partial charge on any atom is 0.138 e. The van der Waals surface area contributed by atoms with E-state index in [1.165, 1.54) is 21.2 Å². The third-order valence-electron chi connectivity index (χ3n) is 4.67. The summed E-state index contributed by atoms with van der Waals surface area (Å²) in [6, 6.07) is 17.4. The average molecular weight is 362 g/mol. The molecule has 1 N–H and O–H groups in total. The van der Waals surface area contributed by atoms with Crippen molar-refractivity contribution in [1.82, 2.24) is 9.97 Å². The van der Waals surface area contributed by atoms with Crippen LogP contribution in [0.1, 0.15) is 29.6 Å². The van der Waals surface area contributed by atoms with E-state index < -0.39 is 0 Å². The van der Waals surface area contributed by atoms with Crippen LogP contribution in [0.15, 0.2) is 48.5 Å². The van der Waals surface area contributed by atoms with Gasteiger partial charge in [-0.3, -0.25) is 0 Å². The standard InChI is InChI=1S/C22H23N3S/c1-3-20-24-21(19-14-15(2)26-22(19)25-20)23-13-7-11-17-10-6-9-16-8-4-5-12-18(16)17/h4-6,8-10,12,14H,3,7,11,13H2,1-2H3,(H,23,24,25). The van der Waals surface area contributed by atoms with Gasteiger partial charge in [0.25, 0.3) is 0 Å². The second-order valence-electron chi connectivity index (χ2n) is 6.59. The molecule has 4 aromatic rings. The number of aromatic nitrogens is 2. The van der Waals surface area contributed by atoms with Gasteiger partial charge in [0.1, 0.15) is 16.5 Å². The zero-order chi connectivity index (χ0) is 17.9. The van der Waals surface area contributed by atoms with Gasteiger partial charge in [-0.1, -0.05) is 49.4 Å². The molecular formula is C22H23N3S. The van der Waals surface area contributed by atoms with E-state index in [9.17, 15) is 0 Å². The Morgan fingerprint density at radius 2 is 1.85 bits per heavy atom. The van der Waals surface area contributed by atoms with Crippen LogP contribution in [0.2, 0.25) is 0 Å². The zero-order valence-corrected chi connectivity index (χ0v) is 16.1. The van der Waals surface area contributed by atoms with Crippen LogP contribution in [-0.2, 0) is 12.8 Å². The first-order chi connectivity index (χ1) is 12.7. The Morgan fingerprint density at radius 1 is 1.00 bits per heavy atom. The molecule has 2 aromatic carbocycles. The van der Waals surface area contributed by atoms with Crippen molar-refractivity contribution in [2.75, 3.05) is 11.9 Å². The lowest BCUT2D eigenvalue weighted by atomic mass is 10.0. The fourth-order valence-electron chi connectivity index (χ4n) is 3.38. The molecule has 0 saturated carbocycles. The first kappa shape index (κ1) is 17.0. The SMILES string of the molecule is CCc1nc(NCCCc2cccc3ccccc23)c2cc(C)sc2n1. The first-order valence-electron chi connectivity index (χ1n) is 9.22. The second kappa shape index (κ2) is 7.42. The van der Waals surface area contributed by atoms with E-state index in [1.54, 1.807) is 11.3 Å². The van der Waals surface area contributed by atoms with E-state index in [4.69, 9.17) is 4.98 Å². The van der Waals surface area contributed by atoms with Crippen LogP contribution in [0.4, 0.5) is 5.82 Å². The number of rotatable bonds is 6. The number of benzene rings is 2. The minimum atomic E-state index is 0.859. The van der Waals surface area contributed by atoms with Gasteiger partial charge in [0.05, 0.1) is 5.39 Å². The molecule has 2 aromatic heterocycles. The molecule has 0 fully saturated rings. The Bertz CT molecular complexity index is 1050. The van der Waals surface area contributed by atoms with Crippen molar-refractivity contribution in [1.29, 1.82) is 0 Å². The van der Waals surface area contributed by atoms with Crippen molar-refractivity contribution in [3.63, 3.8) is 0 Å². The highest BCUT2D eigenvalue weighted by Gasteiger charge is 2.09. The summed E-state index contributed by atoms with van der Waals surface area (Å²) in [6.45, 7) is 5.14. The molecule has 2 heterocycles. The Balaban J connectivity index is 1.47. The van der Waals surface area contributed by atoms with Crippen LogP contribution in [0.3, 0.4) is 0 Å². The number of hydrogen-bond donors (Lipinski definition) is 1. The van der Waals surface area contributed by atoms with E-state index in [0.29, 0.717) is 0 Å². The summed E-state index contributed by atoms with van der Waals surface area (Å²) in [5.74, 6) is 1.89. The van der Waals surface area contributed by atoms with Crippen molar-refractivity contribution in [2.24, 2.45) is 0 Å². The maximum atomic E-state index is 4.71. The lowest BCUT2D eigenvalue weighted by molar-refractivity contribution is 0.860. The lowest BCUT2D eigenvalue weighted by Gasteiger charge is -2.09. The molecule has 4 rings (SSSR count). The van der Waals surface area contributed by atoms with Crippen LogP contribution in [-0.4, -0.2) is 16.5 Å². The molecule has 3 nitrogen and oxygen atoms in total. The summed E-state index contributed by atoms with van der Waals surface area (Å²) < 4.78 is 0. The highest BCUT2D eigenvalue weighted by atomic mass is 32.1. The van der Waals surface area contributed by atoms with Gasteiger partial charge in [0, 0.05) is 17.8 Å². The van der Waals surface area contributed by atoms with Gasteiger partial charge in [-0.05, 0) is 42.2 Å². The van der Waals surface area contributed by atoms with Gasteiger partial charge >= 0.3 is 0 Å².